The molecule has 8 heteroatoms. The Morgan fingerprint density at radius 1 is 0.879 bits per heavy atom. The first-order valence-electron chi connectivity index (χ1n) is 9.94. The van der Waals surface area contributed by atoms with Gasteiger partial charge in [0.15, 0.2) is 0 Å². The van der Waals surface area contributed by atoms with E-state index in [2.05, 4.69) is 4.98 Å². The fraction of sp³-hybridized carbons (Fsp3) is 0.0400. The summed E-state index contributed by atoms with van der Waals surface area (Å²) in [6.45, 7) is 0. The zero-order valence-corrected chi connectivity index (χ0v) is 18.5. The van der Waals surface area contributed by atoms with Crippen LogP contribution < -0.4 is 0 Å². The monoisotopic (exact) mass is 481 g/mol. The largest absolute Gasteiger partial charge is 0.263 e. The molecule has 0 spiro atoms. The molecule has 0 amide bonds. The Morgan fingerprint density at radius 3 is 2.36 bits per heavy atom. The van der Waals surface area contributed by atoms with E-state index < -0.39 is 6.43 Å². The molecule has 0 bridgehead atoms. The van der Waals surface area contributed by atoms with Crippen LogP contribution in [0, 0.1) is 5.82 Å². The smallest absolute Gasteiger partial charge is 0.246 e. The number of hydrogen-bond acceptors (Lipinski definition) is 3. The van der Waals surface area contributed by atoms with E-state index in [1.54, 1.807) is 35.0 Å². The Morgan fingerprint density at radius 2 is 1.64 bits per heavy atom. The van der Waals surface area contributed by atoms with Gasteiger partial charge in [-0.05, 0) is 66.7 Å². The number of alkyl halides is 2. The average molecular weight is 482 g/mol. The molecule has 164 valence electrons. The quantitative estimate of drug-likeness (QED) is 0.255. The summed E-state index contributed by atoms with van der Waals surface area (Å²) in [5.74, 6) is -0.332. The van der Waals surface area contributed by atoms with Crippen molar-refractivity contribution in [3.05, 3.63) is 101 Å². The maximum atomic E-state index is 13.4. The predicted molar refractivity (Wildman–Crippen MR) is 125 cm³/mol. The third kappa shape index (κ3) is 4.60. The van der Waals surface area contributed by atoms with E-state index in [0.717, 1.165) is 9.79 Å². The molecule has 0 saturated carbocycles. The Labute approximate surface area is 196 Å². The summed E-state index contributed by atoms with van der Waals surface area (Å²) in [5, 5.41) is 5.98. The molecule has 0 aliphatic rings. The second-order valence-corrected chi connectivity index (χ2v) is 8.82. The molecule has 0 aliphatic heterocycles. The van der Waals surface area contributed by atoms with Crippen molar-refractivity contribution in [3.8, 4) is 17.1 Å². The number of halogens is 4. The van der Waals surface area contributed by atoms with Gasteiger partial charge in [0.2, 0.25) is 0 Å². The molecule has 5 aromatic rings. The van der Waals surface area contributed by atoms with Gasteiger partial charge in [0, 0.05) is 27.1 Å². The molecule has 0 N–H and O–H groups in total. The van der Waals surface area contributed by atoms with Gasteiger partial charge in [-0.25, -0.2) is 22.8 Å². The number of benzene rings is 3. The van der Waals surface area contributed by atoms with Crippen LogP contribution in [0.15, 0.2) is 94.9 Å². The summed E-state index contributed by atoms with van der Waals surface area (Å²) in [5.41, 5.74) is 2.47. The van der Waals surface area contributed by atoms with Crippen LogP contribution in [0.25, 0.3) is 28.0 Å². The Bertz CT molecular complexity index is 1430. The fourth-order valence-electron chi connectivity index (χ4n) is 3.38. The van der Waals surface area contributed by atoms with Crippen molar-refractivity contribution >= 4 is 34.3 Å². The second kappa shape index (κ2) is 8.92. The Hall–Kier alpha value is -3.29. The Balaban J connectivity index is 1.60. The molecule has 0 saturated heterocycles. The van der Waals surface area contributed by atoms with Crippen LogP contribution in [0.5, 0.6) is 0 Å². The van der Waals surface area contributed by atoms with Crippen LogP contribution in [0.2, 0.25) is 5.02 Å². The molecule has 33 heavy (non-hydrogen) atoms. The van der Waals surface area contributed by atoms with Crippen molar-refractivity contribution in [1.29, 1.82) is 0 Å². The first-order valence-corrected chi connectivity index (χ1v) is 11.1. The van der Waals surface area contributed by atoms with E-state index in [0.29, 0.717) is 33.0 Å². The van der Waals surface area contributed by atoms with Gasteiger partial charge < -0.3 is 0 Å². The van der Waals surface area contributed by atoms with Crippen molar-refractivity contribution in [1.82, 2.24) is 14.8 Å². The van der Waals surface area contributed by atoms with Crippen molar-refractivity contribution in [2.24, 2.45) is 0 Å². The normalized spacial score (nSPS) is 11.4. The summed E-state index contributed by atoms with van der Waals surface area (Å²) in [6.07, 6.45) is -0.684. The van der Waals surface area contributed by atoms with Gasteiger partial charge in [-0.2, -0.15) is 5.10 Å². The number of pyridine rings is 1. The Kier molecular flexibility index (Phi) is 5.83. The van der Waals surface area contributed by atoms with Gasteiger partial charge in [-0.1, -0.05) is 35.5 Å². The molecule has 5 rings (SSSR count). The number of aromatic nitrogens is 3. The maximum absolute atomic E-state index is 13.4. The number of fused-ring (bicyclic) bond motifs is 1. The molecular formula is C25H15ClF3N3S. The summed E-state index contributed by atoms with van der Waals surface area (Å²) in [6, 6.07) is 21.4. The lowest BCUT2D eigenvalue weighted by Crippen LogP contribution is -1.95. The van der Waals surface area contributed by atoms with Gasteiger partial charge in [0.05, 0.1) is 21.8 Å². The van der Waals surface area contributed by atoms with E-state index >= 15 is 0 Å². The van der Waals surface area contributed by atoms with E-state index in [4.69, 9.17) is 16.7 Å². The topological polar surface area (TPSA) is 30.7 Å². The first-order chi connectivity index (χ1) is 16.0. The summed E-state index contributed by atoms with van der Waals surface area (Å²) < 4.78 is 41.2. The highest BCUT2D eigenvalue weighted by Gasteiger charge is 2.16. The van der Waals surface area contributed by atoms with E-state index in [9.17, 15) is 13.2 Å². The molecule has 0 unspecified atom stereocenters. The third-order valence-corrected chi connectivity index (χ3v) is 6.30. The van der Waals surface area contributed by atoms with E-state index in [1.807, 2.05) is 30.5 Å². The van der Waals surface area contributed by atoms with Gasteiger partial charge in [0.25, 0.3) is 6.43 Å². The zero-order valence-electron chi connectivity index (χ0n) is 16.9. The molecule has 2 heterocycles. The van der Waals surface area contributed by atoms with Crippen molar-refractivity contribution in [2.75, 3.05) is 0 Å². The highest BCUT2D eigenvalue weighted by Crippen LogP contribution is 2.36. The lowest BCUT2D eigenvalue weighted by Gasteiger charge is -2.06. The number of rotatable bonds is 5. The summed E-state index contributed by atoms with van der Waals surface area (Å²) in [4.78, 5) is 6.46. The lowest BCUT2D eigenvalue weighted by atomic mass is 10.1. The summed E-state index contributed by atoms with van der Waals surface area (Å²) in [7, 11) is 0. The summed E-state index contributed by atoms with van der Waals surface area (Å²) >= 11 is 7.50. The van der Waals surface area contributed by atoms with Crippen LogP contribution in [0.3, 0.4) is 0 Å². The standard InChI is InChI=1S/C25H15ClF3N3S/c26-17-3-9-20(10-4-17)33-23-14-32(19-7-5-18(27)6-8-19)31-24(23)22-12-1-15-13-16(25(28)29)2-11-21(15)30-22/h1-14,25H. The van der Waals surface area contributed by atoms with E-state index in [-0.39, 0.29) is 11.4 Å². The SMILES string of the molecule is Fc1ccc(-n2cc(Sc3ccc(Cl)cc3)c(-c3ccc4cc(C(F)F)ccc4n3)n2)cc1. The van der Waals surface area contributed by atoms with Gasteiger partial charge >= 0.3 is 0 Å². The minimum absolute atomic E-state index is 0.0448. The van der Waals surface area contributed by atoms with Crippen molar-refractivity contribution in [2.45, 2.75) is 16.2 Å². The van der Waals surface area contributed by atoms with E-state index in [1.165, 1.54) is 36.0 Å². The van der Waals surface area contributed by atoms with Gasteiger partial charge in [0.1, 0.15) is 11.5 Å². The molecule has 0 atom stereocenters. The van der Waals surface area contributed by atoms with Crippen molar-refractivity contribution < 1.29 is 13.2 Å². The van der Waals surface area contributed by atoms with Crippen LogP contribution in [0.4, 0.5) is 13.2 Å². The molecule has 3 aromatic carbocycles. The molecule has 0 radical (unpaired) electrons. The van der Waals surface area contributed by atoms with Crippen LogP contribution >= 0.6 is 23.4 Å². The lowest BCUT2D eigenvalue weighted by molar-refractivity contribution is 0.151. The predicted octanol–water partition coefficient (Wildman–Crippen LogP) is 7.97. The second-order valence-electron chi connectivity index (χ2n) is 7.27. The minimum atomic E-state index is -2.54. The fourth-order valence-corrected chi connectivity index (χ4v) is 4.42. The highest BCUT2D eigenvalue weighted by atomic mass is 35.5. The highest BCUT2D eigenvalue weighted by molar-refractivity contribution is 7.99. The number of nitrogens with zero attached hydrogens (tertiary/aromatic N) is 3. The van der Waals surface area contributed by atoms with Gasteiger partial charge in [-0.3, -0.25) is 0 Å². The molecular weight excluding hydrogens is 467 g/mol. The van der Waals surface area contributed by atoms with Crippen LogP contribution in [-0.2, 0) is 0 Å². The maximum Gasteiger partial charge on any atom is 0.263 e. The molecule has 0 aliphatic carbocycles. The molecule has 3 nitrogen and oxygen atoms in total. The molecule has 2 aromatic heterocycles. The number of hydrogen-bond donors (Lipinski definition) is 0. The molecule has 0 fully saturated rings. The first kappa shape index (κ1) is 21.6. The van der Waals surface area contributed by atoms with Crippen molar-refractivity contribution in [3.63, 3.8) is 0 Å². The van der Waals surface area contributed by atoms with Gasteiger partial charge in [-0.15, -0.1) is 0 Å². The minimum Gasteiger partial charge on any atom is -0.246 e. The third-order valence-electron chi connectivity index (χ3n) is 5.02. The average Bonchev–Trinajstić information content (AvgIpc) is 3.24. The van der Waals surface area contributed by atoms with Crippen LogP contribution in [0.1, 0.15) is 12.0 Å². The zero-order chi connectivity index (χ0) is 22.9. The van der Waals surface area contributed by atoms with Crippen LogP contribution in [-0.4, -0.2) is 14.8 Å².